The number of fused-ring (bicyclic) bond motifs is 1. The molecular weight excluding hydrogens is 433 g/mol. The van der Waals surface area contributed by atoms with Crippen molar-refractivity contribution >= 4 is 38.5 Å². The first-order chi connectivity index (χ1) is 14.7. The number of hydrogen-bond acceptors (Lipinski definition) is 6. The molecule has 1 aromatic heterocycles. The van der Waals surface area contributed by atoms with Crippen molar-refractivity contribution in [3.63, 3.8) is 0 Å². The maximum atomic E-state index is 13.2. The van der Waals surface area contributed by atoms with Crippen molar-refractivity contribution in [3.8, 4) is 5.75 Å². The van der Waals surface area contributed by atoms with E-state index in [-0.39, 0.29) is 29.2 Å². The molecule has 1 aliphatic carbocycles. The molecule has 31 heavy (non-hydrogen) atoms. The highest BCUT2D eigenvalue weighted by Gasteiger charge is 2.46. The molecule has 11 heteroatoms. The Morgan fingerprint density at radius 1 is 1.29 bits per heavy atom. The third-order valence-electron chi connectivity index (χ3n) is 6.04. The number of ether oxygens (including phenoxy) is 1. The number of halogens is 3. The summed E-state index contributed by atoms with van der Waals surface area (Å²) in [7, 11) is 0. The Kier molecular flexibility index (Phi) is 5.82. The first-order valence-corrected chi connectivity index (χ1v) is 11.0. The van der Waals surface area contributed by atoms with Gasteiger partial charge in [-0.05, 0) is 37.8 Å². The van der Waals surface area contributed by atoms with Gasteiger partial charge in [0.05, 0.1) is 15.6 Å². The number of carbonyl (C=O) groups is 2. The summed E-state index contributed by atoms with van der Waals surface area (Å²) in [6.45, 7) is 0.785. The van der Waals surface area contributed by atoms with Gasteiger partial charge < -0.3 is 20.7 Å². The number of alkyl halides is 3. The van der Waals surface area contributed by atoms with Crippen LogP contribution in [0.2, 0.25) is 0 Å². The fourth-order valence-electron chi connectivity index (χ4n) is 4.49. The lowest BCUT2D eigenvalue weighted by atomic mass is 9.84. The SMILES string of the molecule is NCC1(C(=O)N2CCC[C@@H]2C(=O)Nc2nc3ccc(OC(F)(F)F)cc3s2)CCCC1. The van der Waals surface area contributed by atoms with Crippen LogP contribution in [-0.2, 0) is 9.59 Å². The first kappa shape index (κ1) is 21.8. The summed E-state index contributed by atoms with van der Waals surface area (Å²) in [5.74, 6) is -0.747. The molecule has 0 spiro atoms. The zero-order valence-electron chi connectivity index (χ0n) is 16.7. The van der Waals surface area contributed by atoms with Crippen LogP contribution in [0.15, 0.2) is 18.2 Å². The third-order valence-corrected chi connectivity index (χ3v) is 6.98. The zero-order chi connectivity index (χ0) is 22.2. The molecular formula is C20H23F3N4O3S. The predicted molar refractivity (Wildman–Crippen MR) is 110 cm³/mol. The van der Waals surface area contributed by atoms with Gasteiger partial charge in [0, 0.05) is 19.2 Å². The Morgan fingerprint density at radius 3 is 2.71 bits per heavy atom. The molecule has 0 bridgehead atoms. The van der Waals surface area contributed by atoms with Crippen LogP contribution >= 0.6 is 11.3 Å². The van der Waals surface area contributed by atoms with E-state index in [1.165, 1.54) is 18.2 Å². The van der Waals surface area contributed by atoms with E-state index in [4.69, 9.17) is 5.73 Å². The van der Waals surface area contributed by atoms with Gasteiger partial charge in [-0.1, -0.05) is 24.2 Å². The van der Waals surface area contributed by atoms with Gasteiger partial charge in [0.15, 0.2) is 5.13 Å². The monoisotopic (exact) mass is 456 g/mol. The minimum absolute atomic E-state index is 0.0524. The second kappa shape index (κ2) is 8.27. The fourth-order valence-corrected chi connectivity index (χ4v) is 5.39. The quantitative estimate of drug-likeness (QED) is 0.716. The second-order valence-corrected chi connectivity index (χ2v) is 9.06. The van der Waals surface area contributed by atoms with Crippen LogP contribution in [0.4, 0.5) is 18.3 Å². The van der Waals surface area contributed by atoms with Crippen LogP contribution in [-0.4, -0.2) is 47.2 Å². The summed E-state index contributed by atoms with van der Waals surface area (Å²) in [4.78, 5) is 32.0. The lowest BCUT2D eigenvalue weighted by Crippen LogP contribution is -2.51. The highest BCUT2D eigenvalue weighted by molar-refractivity contribution is 7.22. The van der Waals surface area contributed by atoms with Gasteiger partial charge in [-0.25, -0.2) is 4.98 Å². The summed E-state index contributed by atoms with van der Waals surface area (Å²) in [5, 5.41) is 2.99. The molecule has 2 amide bonds. The molecule has 3 N–H and O–H groups in total. The molecule has 168 valence electrons. The number of rotatable bonds is 5. The second-order valence-electron chi connectivity index (χ2n) is 8.03. The Balaban J connectivity index is 1.48. The minimum atomic E-state index is -4.78. The lowest BCUT2D eigenvalue weighted by molar-refractivity contribution is -0.274. The molecule has 7 nitrogen and oxygen atoms in total. The Hall–Kier alpha value is -2.40. The number of nitrogens with two attached hydrogens (primary N) is 1. The van der Waals surface area contributed by atoms with Gasteiger partial charge in [-0.2, -0.15) is 0 Å². The van der Waals surface area contributed by atoms with E-state index in [1.54, 1.807) is 4.90 Å². The molecule has 1 aliphatic heterocycles. The molecule has 2 fully saturated rings. The number of benzene rings is 1. The van der Waals surface area contributed by atoms with Gasteiger partial charge in [0.1, 0.15) is 11.8 Å². The summed E-state index contributed by atoms with van der Waals surface area (Å²) >= 11 is 1.05. The Labute approximate surface area is 180 Å². The van der Waals surface area contributed by atoms with Crippen molar-refractivity contribution in [1.29, 1.82) is 0 Å². The molecule has 1 saturated heterocycles. The number of aromatic nitrogens is 1. The van der Waals surface area contributed by atoms with Crippen LogP contribution in [0, 0.1) is 5.41 Å². The van der Waals surface area contributed by atoms with Crippen LogP contribution in [0.1, 0.15) is 38.5 Å². The van der Waals surface area contributed by atoms with Crippen molar-refractivity contribution in [2.45, 2.75) is 50.9 Å². The summed E-state index contributed by atoms with van der Waals surface area (Å²) < 4.78 is 41.7. The summed E-state index contributed by atoms with van der Waals surface area (Å²) in [6.07, 6.45) is -0.108. The molecule has 1 saturated carbocycles. The van der Waals surface area contributed by atoms with Crippen LogP contribution < -0.4 is 15.8 Å². The number of nitrogens with one attached hydrogen (secondary N) is 1. The largest absolute Gasteiger partial charge is 0.573 e. The molecule has 2 heterocycles. The lowest BCUT2D eigenvalue weighted by Gasteiger charge is -2.34. The highest BCUT2D eigenvalue weighted by Crippen LogP contribution is 2.40. The molecule has 0 radical (unpaired) electrons. The highest BCUT2D eigenvalue weighted by atomic mass is 32.1. The Morgan fingerprint density at radius 2 is 2.03 bits per heavy atom. The van der Waals surface area contributed by atoms with E-state index in [9.17, 15) is 22.8 Å². The number of hydrogen-bond donors (Lipinski definition) is 2. The molecule has 1 atom stereocenters. The van der Waals surface area contributed by atoms with Crippen molar-refractivity contribution < 1.29 is 27.5 Å². The zero-order valence-corrected chi connectivity index (χ0v) is 17.5. The smallest absolute Gasteiger partial charge is 0.406 e. The van der Waals surface area contributed by atoms with Gasteiger partial charge >= 0.3 is 6.36 Å². The van der Waals surface area contributed by atoms with Gasteiger partial charge in [-0.3, -0.25) is 9.59 Å². The number of thiazole rings is 1. The van der Waals surface area contributed by atoms with Gasteiger partial charge in [0.25, 0.3) is 0 Å². The van der Waals surface area contributed by atoms with E-state index in [0.717, 1.165) is 43.4 Å². The van der Waals surface area contributed by atoms with Gasteiger partial charge in [0.2, 0.25) is 11.8 Å². The first-order valence-electron chi connectivity index (χ1n) is 10.2. The molecule has 1 aromatic carbocycles. The van der Waals surface area contributed by atoms with Crippen molar-refractivity contribution in [2.75, 3.05) is 18.4 Å². The fraction of sp³-hybridized carbons (Fsp3) is 0.550. The number of carbonyl (C=O) groups excluding carboxylic acids is 2. The maximum Gasteiger partial charge on any atom is 0.573 e. The van der Waals surface area contributed by atoms with Gasteiger partial charge in [-0.15, -0.1) is 13.2 Å². The summed E-state index contributed by atoms with van der Waals surface area (Å²) in [6, 6.07) is 3.20. The summed E-state index contributed by atoms with van der Waals surface area (Å²) in [5.41, 5.74) is 5.81. The molecule has 2 aromatic rings. The number of amides is 2. The number of likely N-dealkylation sites (tertiary alicyclic amines) is 1. The third kappa shape index (κ3) is 4.47. The van der Waals surface area contributed by atoms with Crippen LogP contribution in [0.3, 0.4) is 0 Å². The van der Waals surface area contributed by atoms with Crippen molar-refractivity contribution in [3.05, 3.63) is 18.2 Å². The predicted octanol–water partition coefficient (Wildman–Crippen LogP) is 3.64. The minimum Gasteiger partial charge on any atom is -0.406 e. The van der Waals surface area contributed by atoms with E-state index < -0.39 is 17.8 Å². The molecule has 4 rings (SSSR count). The topological polar surface area (TPSA) is 97.6 Å². The van der Waals surface area contributed by atoms with E-state index >= 15 is 0 Å². The molecule has 0 unspecified atom stereocenters. The van der Waals surface area contributed by atoms with Crippen LogP contribution in [0.25, 0.3) is 10.2 Å². The van der Waals surface area contributed by atoms with Crippen molar-refractivity contribution in [1.82, 2.24) is 9.88 Å². The van der Waals surface area contributed by atoms with Crippen LogP contribution in [0.5, 0.6) is 5.75 Å². The van der Waals surface area contributed by atoms with E-state index in [2.05, 4.69) is 15.0 Å². The maximum absolute atomic E-state index is 13.2. The van der Waals surface area contributed by atoms with Crippen molar-refractivity contribution in [2.24, 2.45) is 11.1 Å². The average Bonchev–Trinajstić information content (AvgIpc) is 3.44. The van der Waals surface area contributed by atoms with E-state index in [0.29, 0.717) is 23.2 Å². The average molecular weight is 456 g/mol. The van der Waals surface area contributed by atoms with E-state index in [1.807, 2.05) is 0 Å². The number of nitrogens with zero attached hydrogens (tertiary/aromatic N) is 2. The molecule has 2 aliphatic rings. The normalized spacial score (nSPS) is 20.9. The number of anilines is 1. The standard InChI is InChI=1S/C20H23F3N4O3S/c21-20(22,23)30-12-5-6-13-15(10-12)31-18(25-13)26-16(28)14-4-3-9-27(14)17(29)19(11-24)7-1-2-8-19/h5-6,10,14H,1-4,7-9,11,24H2,(H,25,26,28)/t14-/m1/s1. The Bertz CT molecular complexity index is 988.